The summed E-state index contributed by atoms with van der Waals surface area (Å²) >= 11 is 0. The number of benzene rings is 2. The Morgan fingerprint density at radius 1 is 0.680 bits per heavy atom. The molecule has 0 aliphatic heterocycles. The Kier molecular flexibility index (Phi) is 3.37. The van der Waals surface area contributed by atoms with E-state index in [1.165, 1.54) is 12.1 Å². The van der Waals surface area contributed by atoms with Crippen LogP contribution < -0.4 is 0 Å². The lowest BCUT2D eigenvalue weighted by Crippen LogP contribution is -2.04. The minimum atomic E-state index is -1.29. The molecule has 3 rings (SSSR count). The molecule has 25 heavy (non-hydrogen) atoms. The summed E-state index contributed by atoms with van der Waals surface area (Å²) in [5, 5.41) is 45.1. The predicted octanol–water partition coefficient (Wildman–Crippen LogP) is 2.89. The zero-order chi connectivity index (χ0) is 18.5. The molecule has 0 saturated heterocycles. The van der Waals surface area contributed by atoms with Gasteiger partial charge in [0.05, 0.1) is 30.8 Å². The molecule has 126 valence electrons. The van der Waals surface area contributed by atoms with Gasteiger partial charge in [-0.2, -0.15) is 0 Å². The van der Waals surface area contributed by atoms with E-state index >= 15 is 0 Å². The molecule has 12 nitrogen and oxygen atoms in total. The number of rotatable bonds is 4. The summed E-state index contributed by atoms with van der Waals surface area (Å²) in [5.41, 5.74) is -3.91. The summed E-state index contributed by atoms with van der Waals surface area (Å²) in [4.78, 5) is 40.9. The minimum absolute atomic E-state index is 0.0357. The van der Waals surface area contributed by atoms with Gasteiger partial charge in [0.15, 0.2) is 0 Å². The van der Waals surface area contributed by atoms with E-state index in [9.17, 15) is 40.5 Å². The topological polar surface area (TPSA) is 173 Å². The molecule has 0 bridgehead atoms. The Bertz CT molecular complexity index is 1000. The average Bonchev–Trinajstić information content (AvgIpc) is 2.90. The van der Waals surface area contributed by atoms with Gasteiger partial charge < -0.3 is 0 Å². The maximum atomic E-state index is 11.5. The molecule has 2 aromatic rings. The Morgan fingerprint density at radius 3 is 1.80 bits per heavy atom. The van der Waals surface area contributed by atoms with Gasteiger partial charge in [0, 0.05) is 12.1 Å². The second-order valence-corrected chi connectivity index (χ2v) is 5.14. The van der Waals surface area contributed by atoms with E-state index in [1.807, 2.05) is 0 Å². The summed E-state index contributed by atoms with van der Waals surface area (Å²) < 4.78 is 0. The lowest BCUT2D eigenvalue weighted by atomic mass is 10.00. The summed E-state index contributed by atoms with van der Waals surface area (Å²) in [6, 6.07) is 4.83. The smallest absolute Gasteiger partial charge is 0.258 e. The molecule has 0 spiro atoms. The summed E-state index contributed by atoms with van der Waals surface area (Å²) in [7, 11) is 0. The third kappa shape index (κ3) is 2.23. The van der Waals surface area contributed by atoms with Crippen molar-refractivity contribution >= 4 is 22.7 Å². The number of fused-ring (bicyclic) bond motifs is 3. The predicted molar refractivity (Wildman–Crippen MR) is 81.3 cm³/mol. The van der Waals surface area contributed by atoms with E-state index in [1.54, 1.807) is 0 Å². The molecule has 12 heteroatoms. The van der Waals surface area contributed by atoms with Gasteiger partial charge in [-0.3, -0.25) is 40.5 Å². The van der Waals surface area contributed by atoms with Crippen LogP contribution >= 0.6 is 0 Å². The number of nitro groups is 4. The molecule has 0 atom stereocenters. The van der Waals surface area contributed by atoms with Crippen LogP contribution in [0.4, 0.5) is 22.7 Å². The van der Waals surface area contributed by atoms with Crippen LogP contribution in [0.1, 0.15) is 11.1 Å². The first-order valence-corrected chi connectivity index (χ1v) is 6.63. The van der Waals surface area contributed by atoms with Gasteiger partial charge in [0.2, 0.25) is 0 Å². The molecule has 0 radical (unpaired) electrons. The van der Waals surface area contributed by atoms with Gasteiger partial charge in [-0.15, -0.1) is 0 Å². The van der Waals surface area contributed by atoms with Crippen molar-refractivity contribution in [2.75, 3.05) is 0 Å². The fourth-order valence-electron chi connectivity index (χ4n) is 2.99. The first-order chi connectivity index (χ1) is 11.7. The van der Waals surface area contributed by atoms with Crippen molar-refractivity contribution in [3.8, 4) is 11.1 Å². The molecule has 0 N–H and O–H groups in total. The molecule has 0 unspecified atom stereocenters. The Labute approximate surface area is 136 Å². The van der Waals surface area contributed by atoms with Crippen LogP contribution in [0.2, 0.25) is 0 Å². The second-order valence-electron chi connectivity index (χ2n) is 5.14. The van der Waals surface area contributed by atoms with Crippen molar-refractivity contribution in [2.24, 2.45) is 0 Å². The van der Waals surface area contributed by atoms with E-state index in [0.717, 1.165) is 12.1 Å². The number of hydrogen-bond acceptors (Lipinski definition) is 8. The van der Waals surface area contributed by atoms with Crippen molar-refractivity contribution in [2.45, 2.75) is 6.42 Å². The highest BCUT2D eigenvalue weighted by Crippen LogP contribution is 2.52. The lowest BCUT2D eigenvalue weighted by Gasteiger charge is -2.05. The maximum absolute atomic E-state index is 11.5. The summed E-state index contributed by atoms with van der Waals surface area (Å²) in [6.07, 6.45) is -0.0357. The zero-order valence-corrected chi connectivity index (χ0v) is 12.1. The van der Waals surface area contributed by atoms with Crippen LogP contribution in [-0.4, -0.2) is 19.7 Å². The van der Waals surface area contributed by atoms with Crippen LogP contribution in [0.25, 0.3) is 11.1 Å². The Morgan fingerprint density at radius 2 is 1.28 bits per heavy atom. The van der Waals surface area contributed by atoms with Gasteiger partial charge >= 0.3 is 17.1 Å². The molecule has 0 heterocycles. The van der Waals surface area contributed by atoms with E-state index in [4.69, 9.17) is 0 Å². The first kappa shape index (κ1) is 15.9. The molecular weight excluding hydrogens is 340 g/mol. The van der Waals surface area contributed by atoms with Crippen LogP contribution in [0, 0.1) is 40.5 Å². The molecule has 0 amide bonds. The highest BCUT2D eigenvalue weighted by atomic mass is 16.6. The highest BCUT2D eigenvalue weighted by molar-refractivity contribution is 5.94. The van der Waals surface area contributed by atoms with Crippen molar-refractivity contribution < 1.29 is 19.7 Å². The van der Waals surface area contributed by atoms with Crippen LogP contribution in [0.3, 0.4) is 0 Å². The average molecular weight is 346 g/mol. The van der Waals surface area contributed by atoms with Crippen molar-refractivity contribution in [1.29, 1.82) is 0 Å². The number of hydrogen-bond donors (Lipinski definition) is 0. The van der Waals surface area contributed by atoms with Crippen molar-refractivity contribution in [3.05, 3.63) is 75.8 Å². The fraction of sp³-hybridized carbons (Fsp3) is 0.0769. The van der Waals surface area contributed by atoms with Gasteiger partial charge in [-0.25, -0.2) is 0 Å². The normalized spacial score (nSPS) is 11.5. The van der Waals surface area contributed by atoms with Gasteiger partial charge in [-0.05, 0) is 17.5 Å². The Hall–Kier alpha value is -3.96. The summed E-state index contributed by atoms with van der Waals surface area (Å²) in [5.74, 6) is 0. The largest absolute Gasteiger partial charge is 0.422 e. The fourth-order valence-corrected chi connectivity index (χ4v) is 2.99. The Balaban J connectivity index is 2.51. The highest BCUT2D eigenvalue weighted by Gasteiger charge is 2.45. The monoisotopic (exact) mass is 346 g/mol. The van der Waals surface area contributed by atoms with Crippen LogP contribution in [0.15, 0.2) is 24.3 Å². The van der Waals surface area contributed by atoms with Crippen LogP contribution in [-0.2, 0) is 6.42 Å². The number of nitro benzene ring substituents is 4. The third-order valence-electron chi connectivity index (χ3n) is 3.85. The number of nitrogens with zero attached hydrogens (tertiary/aromatic N) is 4. The van der Waals surface area contributed by atoms with E-state index < -0.39 is 42.4 Å². The molecular formula is C13H6N4O8. The van der Waals surface area contributed by atoms with Gasteiger partial charge in [-0.1, -0.05) is 12.1 Å². The van der Waals surface area contributed by atoms with Crippen molar-refractivity contribution in [1.82, 2.24) is 0 Å². The molecule has 2 aromatic carbocycles. The molecule has 1 aliphatic carbocycles. The second kappa shape index (κ2) is 5.30. The molecule has 0 saturated carbocycles. The molecule has 1 aliphatic rings. The first-order valence-electron chi connectivity index (χ1n) is 6.63. The van der Waals surface area contributed by atoms with Crippen molar-refractivity contribution in [3.63, 3.8) is 0 Å². The van der Waals surface area contributed by atoms with E-state index in [2.05, 4.69) is 0 Å². The SMILES string of the molecule is O=[N+]([O-])c1cccc2c1-c1c(cc([N+](=O)[O-])c([N+](=O)[O-])c1[N+](=O)[O-])C2. The van der Waals surface area contributed by atoms with E-state index in [0.29, 0.717) is 5.56 Å². The third-order valence-corrected chi connectivity index (χ3v) is 3.85. The van der Waals surface area contributed by atoms with E-state index in [-0.39, 0.29) is 23.1 Å². The standard InChI is InChI=1S/C13H6N4O8/c18-14(19)8-3-1-2-6-4-7-5-9(15(20)21)12(16(22)23)13(17(24)25)11(7)10(6)8/h1-3,5H,4H2. The van der Waals surface area contributed by atoms with Crippen LogP contribution in [0.5, 0.6) is 0 Å². The maximum Gasteiger partial charge on any atom is 0.422 e. The molecule has 0 aromatic heterocycles. The zero-order valence-electron chi connectivity index (χ0n) is 12.1. The summed E-state index contributed by atoms with van der Waals surface area (Å²) in [6.45, 7) is 0. The molecule has 0 fully saturated rings. The quantitative estimate of drug-likeness (QED) is 0.512. The van der Waals surface area contributed by atoms with Gasteiger partial charge in [0.1, 0.15) is 0 Å². The minimum Gasteiger partial charge on any atom is -0.258 e. The van der Waals surface area contributed by atoms with Gasteiger partial charge in [0.25, 0.3) is 5.69 Å². The lowest BCUT2D eigenvalue weighted by molar-refractivity contribution is -0.440.